The highest BCUT2D eigenvalue weighted by Gasteiger charge is 2.22. The summed E-state index contributed by atoms with van der Waals surface area (Å²) in [5.41, 5.74) is 2.47. The van der Waals surface area contributed by atoms with Crippen LogP contribution in [0.4, 0.5) is 4.39 Å². The van der Waals surface area contributed by atoms with Gasteiger partial charge in [-0.25, -0.2) is 9.18 Å². The first-order chi connectivity index (χ1) is 12.2. The number of nitrogens with zero attached hydrogens (tertiary/aromatic N) is 1. The fourth-order valence-corrected chi connectivity index (χ4v) is 2.74. The lowest BCUT2D eigenvalue weighted by Crippen LogP contribution is -2.31. The second-order valence-electron chi connectivity index (χ2n) is 6.13. The SMILES string of the molecule is CC(=O)c1c(C)[nH]c(C(=O)OCC(=O)N(C)Cc2ccc(F)cc2)c1C. The molecule has 1 aromatic heterocycles. The van der Waals surface area contributed by atoms with Crippen LogP contribution in [0, 0.1) is 19.7 Å². The minimum Gasteiger partial charge on any atom is -0.451 e. The van der Waals surface area contributed by atoms with E-state index in [0.29, 0.717) is 16.8 Å². The Morgan fingerprint density at radius 2 is 1.77 bits per heavy atom. The third kappa shape index (κ3) is 4.36. The number of H-pyrrole nitrogens is 1. The molecule has 1 aromatic carbocycles. The normalized spacial score (nSPS) is 10.5. The number of carbonyl (C=O) groups excluding carboxylic acids is 3. The summed E-state index contributed by atoms with van der Waals surface area (Å²) in [5, 5.41) is 0. The lowest BCUT2D eigenvalue weighted by Gasteiger charge is -2.17. The Bertz CT molecular complexity index is 840. The van der Waals surface area contributed by atoms with Crippen LogP contribution in [-0.4, -0.2) is 41.2 Å². The molecule has 0 atom stereocenters. The van der Waals surface area contributed by atoms with Crippen LogP contribution in [0.3, 0.4) is 0 Å². The first kappa shape index (κ1) is 19.4. The minimum absolute atomic E-state index is 0.148. The molecule has 26 heavy (non-hydrogen) atoms. The van der Waals surface area contributed by atoms with Crippen LogP contribution in [0.1, 0.15) is 44.6 Å². The summed E-state index contributed by atoms with van der Waals surface area (Å²) in [4.78, 5) is 40.2. The Balaban J connectivity index is 1.96. The average molecular weight is 360 g/mol. The molecule has 2 aromatic rings. The number of halogens is 1. The number of aromatic nitrogens is 1. The van der Waals surface area contributed by atoms with Crippen LogP contribution in [-0.2, 0) is 16.1 Å². The van der Waals surface area contributed by atoms with Crippen molar-refractivity contribution >= 4 is 17.7 Å². The number of ketones is 1. The number of hydrogen-bond donors (Lipinski definition) is 1. The number of aromatic amines is 1. The number of carbonyl (C=O) groups is 3. The lowest BCUT2D eigenvalue weighted by molar-refractivity contribution is -0.133. The molecule has 0 saturated heterocycles. The van der Waals surface area contributed by atoms with Crippen LogP contribution < -0.4 is 0 Å². The van der Waals surface area contributed by atoms with Gasteiger partial charge < -0.3 is 14.6 Å². The van der Waals surface area contributed by atoms with Crippen LogP contribution in [0.2, 0.25) is 0 Å². The van der Waals surface area contributed by atoms with Crippen molar-refractivity contribution in [3.8, 4) is 0 Å². The summed E-state index contributed by atoms with van der Waals surface area (Å²) in [5.74, 6) is -1.58. The fourth-order valence-electron chi connectivity index (χ4n) is 2.74. The van der Waals surface area contributed by atoms with E-state index in [2.05, 4.69) is 4.98 Å². The predicted molar refractivity (Wildman–Crippen MR) is 93.4 cm³/mol. The number of aryl methyl sites for hydroxylation is 1. The smallest absolute Gasteiger partial charge is 0.355 e. The van der Waals surface area contributed by atoms with Gasteiger partial charge in [-0.15, -0.1) is 0 Å². The monoisotopic (exact) mass is 360 g/mol. The molecule has 0 radical (unpaired) electrons. The molecular formula is C19H21FN2O4. The van der Waals surface area contributed by atoms with E-state index >= 15 is 0 Å². The van der Waals surface area contributed by atoms with Crippen LogP contribution >= 0.6 is 0 Å². The standard InChI is InChI=1S/C19H21FN2O4/c1-11-17(13(3)23)12(2)21-18(11)19(25)26-10-16(24)22(4)9-14-5-7-15(20)8-6-14/h5-8,21H,9-10H2,1-4H3. The molecule has 1 heterocycles. The molecule has 0 fully saturated rings. The maximum absolute atomic E-state index is 12.9. The van der Waals surface area contributed by atoms with Gasteiger partial charge in [-0.3, -0.25) is 9.59 Å². The van der Waals surface area contributed by atoms with Crippen molar-refractivity contribution in [1.82, 2.24) is 9.88 Å². The second-order valence-corrected chi connectivity index (χ2v) is 6.13. The Morgan fingerprint density at radius 1 is 1.15 bits per heavy atom. The lowest BCUT2D eigenvalue weighted by atomic mass is 10.1. The molecule has 1 amide bonds. The van der Waals surface area contributed by atoms with E-state index in [-0.39, 0.29) is 23.8 Å². The summed E-state index contributed by atoms with van der Waals surface area (Å²) in [6, 6.07) is 5.80. The molecule has 6 nitrogen and oxygen atoms in total. The van der Waals surface area contributed by atoms with E-state index in [1.807, 2.05) is 0 Å². The van der Waals surface area contributed by atoms with E-state index in [1.165, 1.54) is 24.0 Å². The molecule has 7 heteroatoms. The van der Waals surface area contributed by atoms with Gasteiger partial charge in [0.1, 0.15) is 11.5 Å². The van der Waals surface area contributed by atoms with E-state index in [4.69, 9.17) is 4.74 Å². The van der Waals surface area contributed by atoms with Gasteiger partial charge >= 0.3 is 5.97 Å². The summed E-state index contributed by atoms with van der Waals surface area (Å²) >= 11 is 0. The first-order valence-corrected chi connectivity index (χ1v) is 8.06. The molecule has 0 bridgehead atoms. The number of amides is 1. The van der Waals surface area contributed by atoms with E-state index in [9.17, 15) is 18.8 Å². The van der Waals surface area contributed by atoms with Gasteiger partial charge in [0.25, 0.3) is 5.91 Å². The Morgan fingerprint density at radius 3 is 2.31 bits per heavy atom. The number of Topliss-reactive ketones (excluding diaryl/α,β-unsaturated/α-hetero) is 1. The molecule has 0 aliphatic carbocycles. The molecule has 0 unspecified atom stereocenters. The van der Waals surface area contributed by atoms with Gasteiger partial charge in [0.05, 0.1) is 0 Å². The molecule has 138 valence electrons. The number of rotatable bonds is 6. The highest BCUT2D eigenvalue weighted by molar-refractivity contribution is 6.01. The average Bonchev–Trinajstić information content (AvgIpc) is 2.89. The van der Waals surface area contributed by atoms with Crippen molar-refractivity contribution in [3.05, 3.63) is 58.2 Å². The number of likely N-dealkylation sites (N-methyl/N-ethyl adjacent to an activating group) is 1. The molecule has 2 rings (SSSR count). The zero-order chi connectivity index (χ0) is 19.4. The van der Waals surface area contributed by atoms with Crippen molar-refractivity contribution in [2.75, 3.05) is 13.7 Å². The summed E-state index contributed by atoms with van der Waals surface area (Å²) in [7, 11) is 1.57. The van der Waals surface area contributed by atoms with Crippen molar-refractivity contribution < 1.29 is 23.5 Å². The highest BCUT2D eigenvalue weighted by atomic mass is 19.1. The van der Waals surface area contributed by atoms with Crippen LogP contribution in [0.5, 0.6) is 0 Å². The van der Waals surface area contributed by atoms with Crippen molar-refractivity contribution in [2.45, 2.75) is 27.3 Å². The maximum atomic E-state index is 12.9. The molecule has 0 aliphatic rings. The number of benzene rings is 1. The van der Waals surface area contributed by atoms with E-state index < -0.39 is 18.5 Å². The Kier molecular flexibility index (Phi) is 5.92. The van der Waals surface area contributed by atoms with Gasteiger partial charge in [-0.2, -0.15) is 0 Å². The van der Waals surface area contributed by atoms with Gasteiger partial charge in [-0.05, 0) is 44.0 Å². The number of ether oxygens (including phenoxy) is 1. The summed E-state index contributed by atoms with van der Waals surface area (Å²) in [6.07, 6.45) is 0. The van der Waals surface area contributed by atoms with E-state index in [0.717, 1.165) is 5.56 Å². The minimum atomic E-state index is -0.693. The summed E-state index contributed by atoms with van der Waals surface area (Å²) in [6.45, 7) is 4.61. The van der Waals surface area contributed by atoms with Gasteiger partial charge in [0.15, 0.2) is 12.4 Å². The third-order valence-corrected chi connectivity index (χ3v) is 4.08. The summed E-state index contributed by atoms with van der Waals surface area (Å²) < 4.78 is 18.0. The van der Waals surface area contributed by atoms with Gasteiger partial charge in [0.2, 0.25) is 0 Å². The van der Waals surface area contributed by atoms with Crippen molar-refractivity contribution in [1.29, 1.82) is 0 Å². The molecule has 0 saturated carbocycles. The predicted octanol–water partition coefficient (Wildman–Crippen LogP) is 2.79. The number of nitrogens with one attached hydrogen (secondary N) is 1. The quantitative estimate of drug-likeness (QED) is 0.635. The highest BCUT2D eigenvalue weighted by Crippen LogP contribution is 2.19. The van der Waals surface area contributed by atoms with Crippen molar-refractivity contribution in [2.24, 2.45) is 0 Å². The van der Waals surface area contributed by atoms with Crippen LogP contribution in [0.15, 0.2) is 24.3 Å². The molecule has 0 aliphatic heterocycles. The topological polar surface area (TPSA) is 79.5 Å². The maximum Gasteiger partial charge on any atom is 0.355 e. The van der Waals surface area contributed by atoms with Crippen LogP contribution in [0.25, 0.3) is 0 Å². The Hall–Kier alpha value is -2.96. The zero-order valence-electron chi connectivity index (χ0n) is 15.2. The van der Waals surface area contributed by atoms with Gasteiger partial charge in [-0.1, -0.05) is 12.1 Å². The fraction of sp³-hybridized carbons (Fsp3) is 0.316. The number of hydrogen-bond acceptors (Lipinski definition) is 4. The third-order valence-electron chi connectivity index (χ3n) is 4.08. The van der Waals surface area contributed by atoms with E-state index in [1.54, 1.807) is 33.0 Å². The molecular weight excluding hydrogens is 339 g/mol. The zero-order valence-corrected chi connectivity index (χ0v) is 15.2. The Labute approximate surface area is 151 Å². The van der Waals surface area contributed by atoms with Gasteiger partial charge in [0, 0.05) is 24.8 Å². The number of esters is 1. The molecule has 1 N–H and O–H groups in total. The molecule has 0 spiro atoms. The van der Waals surface area contributed by atoms with Crippen molar-refractivity contribution in [3.63, 3.8) is 0 Å². The first-order valence-electron chi connectivity index (χ1n) is 8.06. The largest absolute Gasteiger partial charge is 0.451 e. The second kappa shape index (κ2) is 7.95.